The smallest absolute Gasteiger partial charge is 0.160 e. The van der Waals surface area contributed by atoms with Gasteiger partial charge in [-0.2, -0.15) is 0 Å². The number of methoxy groups -OCH3 is 1. The molecule has 0 radical (unpaired) electrons. The fraction of sp³-hybridized carbons (Fsp3) is 0.714. The number of rotatable bonds is 3. The third kappa shape index (κ3) is 2.70. The number of hydrogen-bond donors (Lipinski definition) is 1. The zero-order chi connectivity index (χ0) is 13.0. The molecular formula is C14H23N3O. The molecular weight excluding hydrogens is 226 g/mol. The summed E-state index contributed by atoms with van der Waals surface area (Å²) >= 11 is 0. The Kier molecular flexibility index (Phi) is 4.30. The minimum Gasteiger partial charge on any atom is -0.370 e. The standard InChI is InChI=1S/C14H23N3O/c1-11-9-12(10-15)17-13(16-11)14(18-2)7-5-3-4-6-8-14/h9H,3-8,10,15H2,1-2H3. The van der Waals surface area contributed by atoms with Gasteiger partial charge in [0.1, 0.15) is 5.60 Å². The van der Waals surface area contributed by atoms with Crippen LogP contribution in [0.25, 0.3) is 0 Å². The Hall–Kier alpha value is -1.00. The first-order chi connectivity index (χ1) is 8.70. The van der Waals surface area contributed by atoms with Crippen molar-refractivity contribution in [3.8, 4) is 0 Å². The number of nitrogens with two attached hydrogens (primary N) is 1. The molecule has 1 aliphatic rings. The van der Waals surface area contributed by atoms with Crippen LogP contribution in [0.15, 0.2) is 6.07 Å². The van der Waals surface area contributed by atoms with Crippen molar-refractivity contribution in [3.63, 3.8) is 0 Å². The SMILES string of the molecule is COC1(c2nc(C)cc(CN)n2)CCCCCC1. The Bertz CT molecular complexity index is 398. The minimum atomic E-state index is -0.299. The van der Waals surface area contributed by atoms with Crippen LogP contribution in [0.5, 0.6) is 0 Å². The molecule has 100 valence electrons. The maximum absolute atomic E-state index is 5.83. The van der Waals surface area contributed by atoms with Gasteiger partial charge in [0.25, 0.3) is 0 Å². The van der Waals surface area contributed by atoms with Gasteiger partial charge in [0, 0.05) is 19.3 Å². The summed E-state index contributed by atoms with van der Waals surface area (Å²) in [5.74, 6) is 0.826. The van der Waals surface area contributed by atoms with Crippen molar-refractivity contribution in [2.24, 2.45) is 5.73 Å². The van der Waals surface area contributed by atoms with E-state index in [0.717, 1.165) is 30.1 Å². The highest BCUT2D eigenvalue weighted by molar-refractivity contribution is 5.14. The Labute approximate surface area is 109 Å². The van der Waals surface area contributed by atoms with Gasteiger partial charge < -0.3 is 10.5 Å². The molecule has 0 unspecified atom stereocenters. The van der Waals surface area contributed by atoms with Crippen molar-refractivity contribution < 1.29 is 4.74 Å². The van der Waals surface area contributed by atoms with Gasteiger partial charge in [0.2, 0.25) is 0 Å². The Morgan fingerprint density at radius 3 is 2.44 bits per heavy atom. The van der Waals surface area contributed by atoms with Crippen molar-refractivity contribution in [1.82, 2.24) is 9.97 Å². The van der Waals surface area contributed by atoms with Crippen LogP contribution in [0.2, 0.25) is 0 Å². The predicted octanol–water partition coefficient (Wildman–Crippen LogP) is 2.44. The highest BCUT2D eigenvalue weighted by Crippen LogP contribution is 2.37. The van der Waals surface area contributed by atoms with Gasteiger partial charge in [-0.15, -0.1) is 0 Å². The molecule has 2 N–H and O–H groups in total. The number of aryl methyl sites for hydroxylation is 1. The molecule has 0 bridgehead atoms. The van der Waals surface area contributed by atoms with Gasteiger partial charge in [-0.25, -0.2) is 9.97 Å². The second-order valence-electron chi connectivity index (χ2n) is 5.14. The summed E-state index contributed by atoms with van der Waals surface area (Å²) in [6.07, 6.45) is 6.95. The van der Waals surface area contributed by atoms with E-state index in [1.54, 1.807) is 7.11 Å². The van der Waals surface area contributed by atoms with Crippen LogP contribution in [0.3, 0.4) is 0 Å². The van der Waals surface area contributed by atoms with Crippen LogP contribution in [-0.4, -0.2) is 17.1 Å². The third-order valence-corrected chi connectivity index (χ3v) is 3.83. The molecule has 1 aliphatic carbocycles. The molecule has 0 amide bonds. The van der Waals surface area contributed by atoms with Crippen molar-refractivity contribution in [2.75, 3.05) is 7.11 Å². The molecule has 2 rings (SSSR count). The fourth-order valence-corrected chi connectivity index (χ4v) is 2.76. The van der Waals surface area contributed by atoms with Gasteiger partial charge >= 0.3 is 0 Å². The molecule has 4 heteroatoms. The molecule has 0 saturated heterocycles. The molecule has 1 fully saturated rings. The Morgan fingerprint density at radius 1 is 1.22 bits per heavy atom. The van der Waals surface area contributed by atoms with E-state index in [1.165, 1.54) is 25.7 Å². The first-order valence-corrected chi connectivity index (χ1v) is 6.80. The lowest BCUT2D eigenvalue weighted by Gasteiger charge is -2.30. The highest BCUT2D eigenvalue weighted by Gasteiger charge is 2.35. The van der Waals surface area contributed by atoms with E-state index in [4.69, 9.17) is 10.5 Å². The zero-order valence-corrected chi connectivity index (χ0v) is 11.4. The zero-order valence-electron chi connectivity index (χ0n) is 11.4. The van der Waals surface area contributed by atoms with Crippen LogP contribution in [0.1, 0.15) is 55.7 Å². The molecule has 4 nitrogen and oxygen atoms in total. The van der Waals surface area contributed by atoms with E-state index in [0.29, 0.717) is 6.54 Å². The lowest BCUT2D eigenvalue weighted by atomic mass is 9.93. The van der Waals surface area contributed by atoms with E-state index < -0.39 is 0 Å². The van der Waals surface area contributed by atoms with Crippen LogP contribution in [0.4, 0.5) is 0 Å². The lowest BCUT2D eigenvalue weighted by Crippen LogP contribution is -2.31. The van der Waals surface area contributed by atoms with E-state index in [-0.39, 0.29) is 5.60 Å². The Morgan fingerprint density at radius 2 is 1.89 bits per heavy atom. The van der Waals surface area contributed by atoms with Gasteiger partial charge in [-0.05, 0) is 25.8 Å². The van der Waals surface area contributed by atoms with Crippen molar-refractivity contribution in [2.45, 2.75) is 57.6 Å². The summed E-state index contributed by atoms with van der Waals surface area (Å²) < 4.78 is 5.83. The van der Waals surface area contributed by atoms with Crippen LogP contribution in [0, 0.1) is 6.92 Å². The first kappa shape index (κ1) is 13.4. The van der Waals surface area contributed by atoms with E-state index in [1.807, 2.05) is 13.0 Å². The van der Waals surface area contributed by atoms with E-state index >= 15 is 0 Å². The first-order valence-electron chi connectivity index (χ1n) is 6.80. The summed E-state index contributed by atoms with van der Waals surface area (Å²) in [5.41, 5.74) is 7.28. The van der Waals surface area contributed by atoms with Crippen molar-refractivity contribution in [3.05, 3.63) is 23.3 Å². The lowest BCUT2D eigenvalue weighted by molar-refractivity contribution is -0.0354. The van der Waals surface area contributed by atoms with E-state index in [9.17, 15) is 0 Å². The van der Waals surface area contributed by atoms with Crippen LogP contribution >= 0.6 is 0 Å². The summed E-state index contributed by atoms with van der Waals surface area (Å²) in [5, 5.41) is 0. The monoisotopic (exact) mass is 249 g/mol. The normalized spacial score (nSPS) is 19.5. The average molecular weight is 249 g/mol. The molecule has 1 heterocycles. The minimum absolute atomic E-state index is 0.299. The van der Waals surface area contributed by atoms with Gasteiger partial charge in [0.15, 0.2) is 5.82 Å². The van der Waals surface area contributed by atoms with Crippen LogP contribution in [-0.2, 0) is 16.9 Å². The second kappa shape index (κ2) is 5.76. The quantitative estimate of drug-likeness (QED) is 0.836. The predicted molar refractivity (Wildman–Crippen MR) is 71.0 cm³/mol. The fourth-order valence-electron chi connectivity index (χ4n) is 2.76. The maximum Gasteiger partial charge on any atom is 0.160 e. The highest BCUT2D eigenvalue weighted by atomic mass is 16.5. The molecule has 0 aromatic carbocycles. The number of ether oxygens (including phenoxy) is 1. The molecule has 1 saturated carbocycles. The molecule has 0 spiro atoms. The van der Waals surface area contributed by atoms with Gasteiger partial charge in [-0.1, -0.05) is 25.7 Å². The molecule has 1 aromatic rings. The van der Waals surface area contributed by atoms with Crippen molar-refractivity contribution >= 4 is 0 Å². The largest absolute Gasteiger partial charge is 0.370 e. The molecule has 18 heavy (non-hydrogen) atoms. The maximum atomic E-state index is 5.83. The van der Waals surface area contributed by atoms with Crippen LogP contribution < -0.4 is 5.73 Å². The third-order valence-electron chi connectivity index (χ3n) is 3.83. The topological polar surface area (TPSA) is 61.0 Å². The molecule has 0 atom stereocenters. The molecule has 0 aliphatic heterocycles. The second-order valence-corrected chi connectivity index (χ2v) is 5.14. The number of nitrogens with zero attached hydrogens (tertiary/aromatic N) is 2. The summed E-state index contributed by atoms with van der Waals surface area (Å²) in [7, 11) is 1.78. The van der Waals surface area contributed by atoms with Gasteiger partial charge in [-0.3, -0.25) is 0 Å². The van der Waals surface area contributed by atoms with Crippen molar-refractivity contribution in [1.29, 1.82) is 0 Å². The van der Waals surface area contributed by atoms with E-state index in [2.05, 4.69) is 9.97 Å². The summed E-state index contributed by atoms with van der Waals surface area (Å²) in [4.78, 5) is 9.20. The summed E-state index contributed by atoms with van der Waals surface area (Å²) in [6.45, 7) is 2.44. The molecule has 1 aromatic heterocycles. The summed E-state index contributed by atoms with van der Waals surface area (Å²) in [6, 6.07) is 1.95. The Balaban J connectivity index is 2.38. The number of hydrogen-bond acceptors (Lipinski definition) is 4. The van der Waals surface area contributed by atoms with Gasteiger partial charge in [0.05, 0.1) is 5.69 Å². The number of aromatic nitrogens is 2. The average Bonchev–Trinajstić information content (AvgIpc) is 2.64.